The zero-order chi connectivity index (χ0) is 16.9. The van der Waals surface area contributed by atoms with Gasteiger partial charge in [-0.3, -0.25) is 4.79 Å². The summed E-state index contributed by atoms with van der Waals surface area (Å²) in [4.78, 5) is 15.8. The molecule has 1 saturated carbocycles. The van der Waals surface area contributed by atoms with Crippen molar-refractivity contribution in [3.05, 3.63) is 29.8 Å². The molecule has 4 nitrogen and oxygen atoms in total. The normalized spacial score (nSPS) is 26.5. The molecular weight excluding hydrogens is 298 g/mol. The van der Waals surface area contributed by atoms with Gasteiger partial charge in [-0.25, -0.2) is 0 Å². The highest BCUT2D eigenvalue weighted by Crippen LogP contribution is 2.32. The first-order valence-corrected chi connectivity index (χ1v) is 9.48. The lowest BCUT2D eigenvalue weighted by atomic mass is 9.75. The number of fused-ring (bicyclic) bond motifs is 1. The van der Waals surface area contributed by atoms with Gasteiger partial charge < -0.3 is 15.1 Å². The number of carbonyl (C=O) groups is 1. The van der Waals surface area contributed by atoms with Crippen molar-refractivity contribution in [2.45, 2.75) is 38.6 Å². The molecule has 0 aromatic heterocycles. The quantitative estimate of drug-likeness (QED) is 0.858. The van der Waals surface area contributed by atoms with Crippen LogP contribution in [0.2, 0.25) is 0 Å². The van der Waals surface area contributed by atoms with Crippen LogP contribution in [0.4, 0.5) is 5.69 Å². The largest absolute Gasteiger partial charge is 0.378 e. The van der Waals surface area contributed by atoms with Crippen molar-refractivity contribution in [3.8, 4) is 0 Å². The van der Waals surface area contributed by atoms with E-state index in [0.717, 1.165) is 17.4 Å². The highest BCUT2D eigenvalue weighted by Gasteiger charge is 2.34. The molecule has 2 aliphatic rings. The van der Waals surface area contributed by atoms with Crippen LogP contribution in [0, 0.1) is 11.8 Å². The highest BCUT2D eigenvalue weighted by atomic mass is 16.2. The van der Waals surface area contributed by atoms with Crippen LogP contribution < -0.4 is 15.1 Å². The zero-order valence-corrected chi connectivity index (χ0v) is 15.2. The first-order chi connectivity index (χ1) is 11.6. The van der Waals surface area contributed by atoms with Gasteiger partial charge >= 0.3 is 0 Å². The van der Waals surface area contributed by atoms with Crippen molar-refractivity contribution < 1.29 is 9.69 Å². The molecule has 0 bridgehead atoms. The first-order valence-electron chi connectivity index (χ1n) is 9.48. The summed E-state index contributed by atoms with van der Waals surface area (Å²) in [6, 6.07) is 8.38. The zero-order valence-electron chi connectivity index (χ0n) is 15.2. The predicted molar refractivity (Wildman–Crippen MR) is 98.2 cm³/mol. The number of anilines is 1. The molecule has 1 saturated heterocycles. The highest BCUT2D eigenvalue weighted by molar-refractivity contribution is 5.76. The van der Waals surface area contributed by atoms with E-state index < -0.39 is 0 Å². The molecule has 2 N–H and O–H groups in total. The van der Waals surface area contributed by atoms with Crippen LogP contribution in [-0.2, 0) is 11.3 Å². The van der Waals surface area contributed by atoms with Crippen molar-refractivity contribution in [2.75, 3.05) is 38.6 Å². The van der Waals surface area contributed by atoms with Gasteiger partial charge in [-0.1, -0.05) is 25.0 Å². The fourth-order valence-electron chi connectivity index (χ4n) is 4.36. The predicted octanol–water partition coefficient (Wildman–Crippen LogP) is 1.46. The van der Waals surface area contributed by atoms with E-state index in [4.69, 9.17) is 0 Å². The molecule has 1 aromatic rings. The summed E-state index contributed by atoms with van der Waals surface area (Å²) in [5, 5.41) is 3.09. The standard InChI is InChI=1S/C20H31N3O/c1-22(2)19-9-7-16(8-10-19)13-21-20(24)15-23-12-11-17-5-3-4-6-18(17)14-23/h7-10,17-18H,3-6,11-15H2,1-2H3,(H,21,24)/p+1/t17-,18-/m1/s1. The summed E-state index contributed by atoms with van der Waals surface area (Å²) >= 11 is 0. The number of carbonyl (C=O) groups excluding carboxylic acids is 1. The van der Waals surface area contributed by atoms with Crippen LogP contribution in [0.15, 0.2) is 24.3 Å². The van der Waals surface area contributed by atoms with Crippen LogP contribution >= 0.6 is 0 Å². The average molecular weight is 330 g/mol. The van der Waals surface area contributed by atoms with Crippen molar-refractivity contribution in [3.63, 3.8) is 0 Å². The molecule has 4 heteroatoms. The van der Waals surface area contributed by atoms with Crippen molar-refractivity contribution in [1.82, 2.24) is 5.32 Å². The maximum atomic E-state index is 12.3. The van der Waals surface area contributed by atoms with Gasteiger partial charge in [0.15, 0.2) is 6.54 Å². The lowest BCUT2D eigenvalue weighted by Gasteiger charge is -2.38. The number of nitrogens with zero attached hydrogens (tertiary/aromatic N) is 1. The minimum atomic E-state index is 0.191. The van der Waals surface area contributed by atoms with Gasteiger partial charge in [-0.15, -0.1) is 0 Å². The molecule has 1 aliphatic heterocycles. The molecule has 3 atom stereocenters. The lowest BCUT2D eigenvalue weighted by Crippen LogP contribution is -3.15. The number of nitrogens with one attached hydrogen (secondary N) is 2. The van der Waals surface area contributed by atoms with E-state index in [1.165, 1.54) is 55.8 Å². The third-order valence-electron chi connectivity index (χ3n) is 5.84. The average Bonchev–Trinajstić information content (AvgIpc) is 2.60. The van der Waals surface area contributed by atoms with Gasteiger partial charge in [0.25, 0.3) is 5.91 Å². The summed E-state index contributed by atoms with van der Waals surface area (Å²) in [5.41, 5.74) is 2.35. The Hall–Kier alpha value is -1.55. The van der Waals surface area contributed by atoms with Crippen LogP contribution in [0.1, 0.15) is 37.7 Å². The Morgan fingerprint density at radius 2 is 1.83 bits per heavy atom. The number of rotatable bonds is 5. The number of amides is 1. The van der Waals surface area contributed by atoms with Crippen molar-refractivity contribution >= 4 is 11.6 Å². The molecule has 3 rings (SSSR count). The molecular formula is C20H32N3O+. The fraction of sp³-hybridized carbons (Fsp3) is 0.650. The monoisotopic (exact) mass is 330 g/mol. The van der Waals surface area contributed by atoms with E-state index in [-0.39, 0.29) is 5.91 Å². The van der Waals surface area contributed by atoms with E-state index in [9.17, 15) is 4.79 Å². The second-order valence-electron chi connectivity index (χ2n) is 7.81. The Labute approximate surface area is 146 Å². The van der Waals surface area contributed by atoms with E-state index >= 15 is 0 Å². The fourth-order valence-corrected chi connectivity index (χ4v) is 4.36. The number of likely N-dealkylation sites (tertiary alicyclic amines) is 1. The number of benzene rings is 1. The molecule has 24 heavy (non-hydrogen) atoms. The van der Waals surface area contributed by atoms with Crippen LogP contribution in [-0.4, -0.2) is 39.6 Å². The minimum absolute atomic E-state index is 0.191. The Morgan fingerprint density at radius 1 is 1.12 bits per heavy atom. The summed E-state index contributed by atoms with van der Waals surface area (Å²) in [6.07, 6.45) is 6.94. The summed E-state index contributed by atoms with van der Waals surface area (Å²) < 4.78 is 0. The van der Waals surface area contributed by atoms with E-state index in [1.807, 2.05) is 14.1 Å². The summed E-state index contributed by atoms with van der Waals surface area (Å²) in [6.45, 7) is 3.65. The third kappa shape index (κ3) is 4.50. The van der Waals surface area contributed by atoms with Gasteiger partial charge in [-0.2, -0.15) is 0 Å². The van der Waals surface area contributed by atoms with Gasteiger partial charge in [0.1, 0.15) is 0 Å². The SMILES string of the molecule is CN(C)c1ccc(CNC(=O)C[NH+]2CC[C@H]3CCCC[C@@H]3C2)cc1. The number of piperidine rings is 1. The van der Waals surface area contributed by atoms with Gasteiger partial charge in [0, 0.05) is 32.2 Å². The number of hydrogen-bond donors (Lipinski definition) is 2. The van der Waals surface area contributed by atoms with Gasteiger partial charge in [0.05, 0.1) is 13.1 Å². The Balaban J connectivity index is 1.42. The second-order valence-corrected chi connectivity index (χ2v) is 7.81. The van der Waals surface area contributed by atoms with Gasteiger partial charge in [0.2, 0.25) is 0 Å². The molecule has 2 fully saturated rings. The summed E-state index contributed by atoms with van der Waals surface area (Å²) in [5.74, 6) is 2.01. The number of hydrogen-bond acceptors (Lipinski definition) is 2. The van der Waals surface area contributed by atoms with Gasteiger partial charge in [-0.05, 0) is 42.9 Å². The Morgan fingerprint density at radius 3 is 2.54 bits per heavy atom. The van der Waals surface area contributed by atoms with Crippen LogP contribution in [0.5, 0.6) is 0 Å². The maximum Gasteiger partial charge on any atom is 0.275 e. The van der Waals surface area contributed by atoms with E-state index in [2.05, 4.69) is 34.5 Å². The second kappa shape index (κ2) is 8.02. The smallest absolute Gasteiger partial charge is 0.275 e. The molecule has 0 spiro atoms. The summed E-state index contributed by atoms with van der Waals surface area (Å²) in [7, 11) is 4.07. The molecule has 132 valence electrons. The maximum absolute atomic E-state index is 12.3. The van der Waals surface area contributed by atoms with Crippen LogP contribution in [0.3, 0.4) is 0 Å². The van der Waals surface area contributed by atoms with Crippen molar-refractivity contribution in [2.24, 2.45) is 11.8 Å². The molecule has 1 unspecified atom stereocenters. The molecule has 1 aromatic carbocycles. The van der Waals surface area contributed by atoms with Crippen LogP contribution in [0.25, 0.3) is 0 Å². The van der Waals surface area contributed by atoms with E-state index in [1.54, 1.807) is 0 Å². The topological polar surface area (TPSA) is 36.8 Å². The third-order valence-corrected chi connectivity index (χ3v) is 5.84. The minimum Gasteiger partial charge on any atom is -0.378 e. The first kappa shape index (κ1) is 17.3. The number of quaternary nitrogens is 1. The van der Waals surface area contributed by atoms with E-state index in [0.29, 0.717) is 13.1 Å². The molecule has 1 amide bonds. The molecule has 1 heterocycles. The molecule has 1 aliphatic carbocycles. The Kier molecular flexibility index (Phi) is 5.77. The van der Waals surface area contributed by atoms with Crippen molar-refractivity contribution in [1.29, 1.82) is 0 Å². The Bertz CT molecular complexity index is 540. The molecule has 0 radical (unpaired) electrons. The lowest BCUT2D eigenvalue weighted by molar-refractivity contribution is -0.902.